The van der Waals surface area contributed by atoms with Gasteiger partial charge in [0.25, 0.3) is 0 Å². The number of hydrogen-bond acceptors (Lipinski definition) is 4. The lowest BCUT2D eigenvalue weighted by Crippen LogP contribution is -2.15. The summed E-state index contributed by atoms with van der Waals surface area (Å²) in [5.74, 6) is -0.0640. The monoisotopic (exact) mass is 392 g/mol. The molecule has 1 N–H and O–H groups in total. The second-order valence-corrected chi connectivity index (χ2v) is 6.96. The van der Waals surface area contributed by atoms with E-state index < -0.39 is 0 Å². The second-order valence-electron chi connectivity index (χ2n) is 5.20. The number of nitrogens with one attached hydrogen (secondary N) is 1. The molecule has 3 aromatic rings. The fraction of sp³-hybridized carbons (Fsp3) is 0.118. The van der Waals surface area contributed by atoms with E-state index >= 15 is 0 Å². The summed E-state index contributed by atoms with van der Waals surface area (Å²) < 4.78 is 1.86. The summed E-state index contributed by atoms with van der Waals surface area (Å²) >= 11 is 13.4. The zero-order valence-electron chi connectivity index (χ0n) is 13.2. The average molecular weight is 393 g/mol. The number of amides is 1. The minimum Gasteiger partial charge on any atom is -0.323 e. The van der Waals surface area contributed by atoms with Crippen LogP contribution in [0.15, 0.2) is 53.9 Å². The van der Waals surface area contributed by atoms with Gasteiger partial charge in [-0.3, -0.25) is 9.36 Å². The van der Waals surface area contributed by atoms with Crippen LogP contribution in [0.3, 0.4) is 0 Å². The number of aromatic nitrogens is 3. The highest BCUT2D eigenvalue weighted by Crippen LogP contribution is 2.30. The molecule has 0 aliphatic rings. The van der Waals surface area contributed by atoms with Crippen LogP contribution in [0.25, 0.3) is 5.69 Å². The molecule has 0 fully saturated rings. The van der Waals surface area contributed by atoms with Gasteiger partial charge in [0.15, 0.2) is 5.16 Å². The Hall–Kier alpha value is -2.02. The Bertz CT molecular complexity index is 893. The zero-order valence-corrected chi connectivity index (χ0v) is 15.6. The molecule has 0 saturated heterocycles. The van der Waals surface area contributed by atoms with Crippen molar-refractivity contribution in [1.29, 1.82) is 0 Å². The molecule has 0 aliphatic heterocycles. The first-order valence-electron chi connectivity index (χ1n) is 7.39. The van der Waals surface area contributed by atoms with Gasteiger partial charge in [-0.1, -0.05) is 59.2 Å². The van der Waals surface area contributed by atoms with Crippen molar-refractivity contribution in [3.8, 4) is 5.69 Å². The maximum atomic E-state index is 12.2. The first-order chi connectivity index (χ1) is 12.1. The third-order valence-corrected chi connectivity index (χ3v) is 5.02. The number of halogens is 2. The molecule has 1 amide bonds. The lowest BCUT2D eigenvalue weighted by atomic mass is 10.2. The maximum absolute atomic E-state index is 12.2. The maximum Gasteiger partial charge on any atom is 0.234 e. The lowest BCUT2D eigenvalue weighted by Gasteiger charge is -2.10. The van der Waals surface area contributed by atoms with Gasteiger partial charge in [-0.05, 0) is 30.7 Å². The number of nitrogens with zero attached hydrogens (tertiary/aromatic N) is 3. The molecule has 2 aromatic carbocycles. The lowest BCUT2D eigenvalue weighted by molar-refractivity contribution is -0.113. The number of thioether (sulfide) groups is 1. The predicted octanol–water partition coefficient (Wildman–Crippen LogP) is 4.61. The van der Waals surface area contributed by atoms with Crippen molar-refractivity contribution in [3.05, 3.63) is 64.4 Å². The molecule has 0 bridgehead atoms. The largest absolute Gasteiger partial charge is 0.323 e. The Labute approximate surface area is 159 Å². The van der Waals surface area contributed by atoms with Gasteiger partial charge < -0.3 is 5.32 Å². The zero-order chi connectivity index (χ0) is 17.8. The Morgan fingerprint density at radius 1 is 1.16 bits per heavy atom. The van der Waals surface area contributed by atoms with Gasteiger partial charge in [-0.15, -0.1) is 10.2 Å². The van der Waals surface area contributed by atoms with Gasteiger partial charge in [-0.25, -0.2) is 0 Å². The molecular weight excluding hydrogens is 379 g/mol. The van der Waals surface area contributed by atoms with Crippen molar-refractivity contribution in [1.82, 2.24) is 14.8 Å². The number of aryl methyl sites for hydroxylation is 1. The fourth-order valence-corrected chi connectivity index (χ4v) is 3.46. The molecule has 1 heterocycles. The standard InChI is InChI=1S/C17H14Cl2N4OS/c1-11-5-2-3-8-14(11)23-10-20-22-17(23)25-9-15(24)21-16-12(18)6-4-7-13(16)19/h2-8,10H,9H2,1H3,(H,21,24). The van der Waals surface area contributed by atoms with Crippen LogP contribution in [-0.4, -0.2) is 26.4 Å². The molecular formula is C17H14Cl2N4OS. The first-order valence-corrected chi connectivity index (χ1v) is 9.13. The van der Waals surface area contributed by atoms with Crippen LogP contribution in [-0.2, 0) is 4.79 Å². The second kappa shape index (κ2) is 7.91. The van der Waals surface area contributed by atoms with E-state index in [9.17, 15) is 4.79 Å². The summed E-state index contributed by atoms with van der Waals surface area (Å²) in [6.45, 7) is 2.01. The minimum atomic E-state index is -0.223. The van der Waals surface area contributed by atoms with Gasteiger partial charge in [0, 0.05) is 0 Å². The molecule has 8 heteroatoms. The van der Waals surface area contributed by atoms with Crippen LogP contribution in [0.1, 0.15) is 5.56 Å². The molecule has 0 saturated carbocycles. The molecule has 1 aromatic heterocycles. The number of benzene rings is 2. The smallest absolute Gasteiger partial charge is 0.234 e. The van der Waals surface area contributed by atoms with E-state index in [1.54, 1.807) is 24.5 Å². The van der Waals surface area contributed by atoms with Crippen LogP contribution < -0.4 is 5.32 Å². The van der Waals surface area contributed by atoms with Crippen LogP contribution >= 0.6 is 35.0 Å². The summed E-state index contributed by atoms with van der Waals surface area (Å²) in [7, 11) is 0. The van der Waals surface area contributed by atoms with Crippen molar-refractivity contribution < 1.29 is 4.79 Å². The summed E-state index contributed by atoms with van der Waals surface area (Å²) in [5, 5.41) is 12.2. The molecule has 0 aliphatic carbocycles. The SMILES string of the molecule is Cc1ccccc1-n1cnnc1SCC(=O)Nc1c(Cl)cccc1Cl. The molecule has 0 atom stereocenters. The first kappa shape index (κ1) is 17.8. The molecule has 0 radical (unpaired) electrons. The highest BCUT2D eigenvalue weighted by molar-refractivity contribution is 7.99. The van der Waals surface area contributed by atoms with Gasteiger partial charge in [0.2, 0.25) is 5.91 Å². The number of anilines is 1. The van der Waals surface area contributed by atoms with Crippen LogP contribution in [0.5, 0.6) is 0 Å². The van der Waals surface area contributed by atoms with Gasteiger partial charge >= 0.3 is 0 Å². The van der Waals surface area contributed by atoms with E-state index in [2.05, 4.69) is 15.5 Å². The molecule has 0 spiro atoms. The quantitative estimate of drug-likeness (QED) is 0.643. The Morgan fingerprint density at radius 2 is 1.88 bits per heavy atom. The number of para-hydroxylation sites is 2. The third-order valence-electron chi connectivity index (χ3n) is 3.45. The Balaban J connectivity index is 1.70. The molecule has 128 valence electrons. The van der Waals surface area contributed by atoms with Gasteiger partial charge in [-0.2, -0.15) is 0 Å². The number of carbonyl (C=O) groups excluding carboxylic acids is 1. The highest BCUT2D eigenvalue weighted by atomic mass is 35.5. The van der Waals surface area contributed by atoms with Crippen LogP contribution in [0, 0.1) is 6.92 Å². The average Bonchev–Trinajstić information content (AvgIpc) is 3.05. The van der Waals surface area contributed by atoms with E-state index in [0.717, 1.165) is 11.3 Å². The normalized spacial score (nSPS) is 10.7. The Morgan fingerprint density at radius 3 is 2.60 bits per heavy atom. The third kappa shape index (κ3) is 4.15. The summed E-state index contributed by atoms with van der Waals surface area (Å²) in [6.07, 6.45) is 1.63. The van der Waals surface area contributed by atoms with Crippen molar-refractivity contribution >= 4 is 46.6 Å². The fourth-order valence-electron chi connectivity index (χ4n) is 2.24. The van der Waals surface area contributed by atoms with Gasteiger partial charge in [0.1, 0.15) is 6.33 Å². The molecule has 0 unspecified atom stereocenters. The summed E-state index contributed by atoms with van der Waals surface area (Å²) in [5.41, 5.74) is 2.48. The highest BCUT2D eigenvalue weighted by Gasteiger charge is 2.13. The summed E-state index contributed by atoms with van der Waals surface area (Å²) in [4.78, 5) is 12.2. The molecule has 3 rings (SSSR count). The Kier molecular flexibility index (Phi) is 5.63. The minimum absolute atomic E-state index is 0.159. The number of rotatable bonds is 5. The van der Waals surface area contributed by atoms with Crippen molar-refractivity contribution in [3.63, 3.8) is 0 Å². The van der Waals surface area contributed by atoms with E-state index in [1.807, 2.05) is 35.8 Å². The van der Waals surface area contributed by atoms with E-state index in [-0.39, 0.29) is 11.7 Å². The predicted molar refractivity (Wildman–Crippen MR) is 102 cm³/mol. The van der Waals surface area contributed by atoms with E-state index in [0.29, 0.717) is 20.9 Å². The van der Waals surface area contributed by atoms with E-state index in [4.69, 9.17) is 23.2 Å². The summed E-state index contributed by atoms with van der Waals surface area (Å²) in [6, 6.07) is 13.0. The van der Waals surface area contributed by atoms with Crippen molar-refractivity contribution in [2.24, 2.45) is 0 Å². The van der Waals surface area contributed by atoms with Crippen molar-refractivity contribution in [2.45, 2.75) is 12.1 Å². The van der Waals surface area contributed by atoms with Gasteiger partial charge in [0.05, 0.1) is 27.2 Å². The topological polar surface area (TPSA) is 59.8 Å². The van der Waals surface area contributed by atoms with E-state index in [1.165, 1.54) is 11.8 Å². The molecule has 25 heavy (non-hydrogen) atoms. The number of hydrogen-bond donors (Lipinski definition) is 1. The number of carbonyl (C=O) groups is 1. The van der Waals surface area contributed by atoms with Crippen LogP contribution in [0.2, 0.25) is 10.0 Å². The van der Waals surface area contributed by atoms with Crippen LogP contribution in [0.4, 0.5) is 5.69 Å². The molecule has 5 nitrogen and oxygen atoms in total. The van der Waals surface area contributed by atoms with Crippen molar-refractivity contribution in [2.75, 3.05) is 11.1 Å².